The molecule has 7 heteroatoms. The van der Waals surface area contributed by atoms with Crippen LogP contribution in [0.25, 0.3) is 10.8 Å². The zero-order valence-corrected chi connectivity index (χ0v) is 16.0. The Morgan fingerprint density at radius 1 is 0.586 bits per heavy atom. The predicted octanol–water partition coefficient (Wildman–Crippen LogP) is 7.94. The smallest absolute Gasteiger partial charge is 0.143 e. The highest BCUT2D eigenvalue weighted by Gasteiger charge is 2.05. The van der Waals surface area contributed by atoms with E-state index in [2.05, 4.69) is 20.5 Å². The summed E-state index contributed by atoms with van der Waals surface area (Å²) in [6.07, 6.45) is 0. The predicted molar refractivity (Wildman–Crippen MR) is 115 cm³/mol. The van der Waals surface area contributed by atoms with Crippen LogP contribution in [0, 0.1) is 0 Å². The van der Waals surface area contributed by atoms with Crippen molar-refractivity contribution < 1.29 is 9.66 Å². The van der Waals surface area contributed by atoms with Crippen LogP contribution in [-0.2, 0) is 0 Å². The molecule has 4 aromatic carbocycles. The zero-order chi connectivity index (χ0) is 20.1. The summed E-state index contributed by atoms with van der Waals surface area (Å²) in [6, 6.07) is 25.4. The van der Waals surface area contributed by atoms with E-state index in [0.29, 0.717) is 34.8 Å². The minimum Gasteiger partial charge on any atom is -0.506 e. The average molecular weight is 400 g/mol. The molecular formula is C22H16N4O2S. The molecule has 0 bridgehead atoms. The summed E-state index contributed by atoms with van der Waals surface area (Å²) in [5, 5.41) is 28.8. The molecule has 0 aromatic heterocycles. The van der Waals surface area contributed by atoms with Gasteiger partial charge in [0, 0.05) is 22.3 Å². The lowest BCUT2D eigenvalue weighted by Crippen LogP contribution is -1.74. The minimum absolute atomic E-state index is 0.0866. The lowest BCUT2D eigenvalue weighted by Gasteiger charge is -2.03. The molecule has 29 heavy (non-hydrogen) atoms. The first-order valence-electron chi connectivity index (χ1n) is 8.79. The quantitative estimate of drug-likeness (QED) is 0.263. The molecule has 0 unspecified atom stereocenters. The molecule has 0 aliphatic carbocycles. The van der Waals surface area contributed by atoms with Gasteiger partial charge in [0.15, 0.2) is 0 Å². The van der Waals surface area contributed by atoms with E-state index in [0.717, 1.165) is 15.7 Å². The minimum atomic E-state index is 0.0866. The molecule has 0 saturated heterocycles. The van der Waals surface area contributed by atoms with Gasteiger partial charge in [-0.3, -0.25) is 0 Å². The fraction of sp³-hybridized carbons (Fsp3) is 0. The first-order valence-corrected chi connectivity index (χ1v) is 9.56. The SMILES string of the molecule is OSc1ccc(/N=N\c2ccc(N=Nc3c(O)ccc4ccccc34)cc2)cc1. The van der Waals surface area contributed by atoms with E-state index in [1.165, 1.54) is 0 Å². The molecule has 0 heterocycles. The van der Waals surface area contributed by atoms with E-state index in [9.17, 15) is 5.11 Å². The maximum Gasteiger partial charge on any atom is 0.143 e. The van der Waals surface area contributed by atoms with E-state index in [4.69, 9.17) is 4.55 Å². The highest BCUT2D eigenvalue weighted by atomic mass is 32.2. The second kappa shape index (κ2) is 8.64. The van der Waals surface area contributed by atoms with Crippen molar-refractivity contribution in [2.24, 2.45) is 20.5 Å². The van der Waals surface area contributed by atoms with E-state index in [-0.39, 0.29) is 5.75 Å². The van der Waals surface area contributed by atoms with Crippen molar-refractivity contribution in [2.75, 3.05) is 0 Å². The van der Waals surface area contributed by atoms with Gasteiger partial charge in [0.25, 0.3) is 0 Å². The van der Waals surface area contributed by atoms with Gasteiger partial charge in [0.2, 0.25) is 0 Å². The Kier molecular flexibility index (Phi) is 5.60. The Hall–Kier alpha value is -3.55. The number of hydrogen-bond donors (Lipinski definition) is 2. The molecule has 0 aliphatic heterocycles. The molecule has 4 aromatic rings. The molecule has 6 nitrogen and oxygen atoms in total. The van der Waals surface area contributed by atoms with Crippen molar-refractivity contribution in [3.05, 3.63) is 84.9 Å². The van der Waals surface area contributed by atoms with Crippen LogP contribution in [0.5, 0.6) is 5.75 Å². The summed E-state index contributed by atoms with van der Waals surface area (Å²) in [5.41, 5.74) is 2.45. The number of phenols is 1. The lowest BCUT2D eigenvalue weighted by atomic mass is 10.1. The highest BCUT2D eigenvalue weighted by Crippen LogP contribution is 2.36. The Bertz CT molecular complexity index is 1190. The van der Waals surface area contributed by atoms with E-state index in [1.54, 1.807) is 54.6 Å². The molecule has 0 aliphatic rings. The molecule has 142 valence electrons. The van der Waals surface area contributed by atoms with Crippen LogP contribution in [0.4, 0.5) is 22.7 Å². The maximum atomic E-state index is 10.1. The van der Waals surface area contributed by atoms with Crippen molar-refractivity contribution >= 4 is 45.6 Å². The van der Waals surface area contributed by atoms with Crippen LogP contribution >= 0.6 is 12.0 Å². The van der Waals surface area contributed by atoms with Crippen LogP contribution in [0.3, 0.4) is 0 Å². The number of azo groups is 2. The lowest BCUT2D eigenvalue weighted by molar-refractivity contribution is 0.477. The molecule has 4 rings (SSSR count). The molecular weight excluding hydrogens is 384 g/mol. The van der Waals surface area contributed by atoms with Gasteiger partial charge >= 0.3 is 0 Å². The van der Waals surface area contributed by atoms with Crippen LogP contribution in [0.1, 0.15) is 0 Å². The van der Waals surface area contributed by atoms with Crippen molar-refractivity contribution in [3.8, 4) is 5.75 Å². The number of nitrogens with zero attached hydrogens (tertiary/aromatic N) is 4. The number of phenolic OH excluding ortho intramolecular Hbond substituents is 1. The summed E-state index contributed by atoms with van der Waals surface area (Å²) in [4.78, 5) is 0.746. The normalized spacial score (nSPS) is 11.6. The standard InChI is InChI=1S/C22H16N4O2S/c27-21-14-5-15-3-1-2-4-20(15)22(21)26-25-17-8-6-16(7-9-17)23-24-18-10-12-19(29-28)13-11-18/h1-14,27-28H/b24-23-,26-25?. The Labute approximate surface area is 171 Å². The van der Waals surface area contributed by atoms with Gasteiger partial charge in [-0.2, -0.15) is 15.3 Å². The fourth-order valence-electron chi connectivity index (χ4n) is 2.73. The highest BCUT2D eigenvalue weighted by molar-refractivity contribution is 7.93. The fourth-order valence-corrected chi connectivity index (χ4v) is 2.99. The molecule has 0 amide bonds. The third-order valence-electron chi connectivity index (χ3n) is 4.22. The van der Waals surface area contributed by atoms with Gasteiger partial charge < -0.3 is 9.66 Å². The molecule has 0 saturated carbocycles. The molecule has 0 spiro atoms. The van der Waals surface area contributed by atoms with Crippen molar-refractivity contribution in [3.63, 3.8) is 0 Å². The second-order valence-electron chi connectivity index (χ2n) is 6.16. The van der Waals surface area contributed by atoms with Crippen molar-refractivity contribution in [2.45, 2.75) is 4.90 Å². The second-order valence-corrected chi connectivity index (χ2v) is 6.81. The van der Waals surface area contributed by atoms with Gasteiger partial charge in [-0.15, -0.1) is 5.11 Å². The number of rotatable bonds is 5. The van der Waals surface area contributed by atoms with Crippen LogP contribution < -0.4 is 0 Å². The van der Waals surface area contributed by atoms with Gasteiger partial charge in [-0.05, 0) is 60.0 Å². The third kappa shape index (κ3) is 4.48. The van der Waals surface area contributed by atoms with Gasteiger partial charge in [0.05, 0.1) is 17.1 Å². The molecule has 2 N–H and O–H groups in total. The molecule has 0 radical (unpaired) electrons. The first-order chi connectivity index (χ1) is 14.2. The number of fused-ring (bicyclic) bond motifs is 1. The zero-order valence-electron chi connectivity index (χ0n) is 15.2. The van der Waals surface area contributed by atoms with Crippen molar-refractivity contribution in [1.29, 1.82) is 0 Å². The van der Waals surface area contributed by atoms with E-state index in [1.807, 2.05) is 30.3 Å². The largest absolute Gasteiger partial charge is 0.506 e. The number of aromatic hydroxyl groups is 1. The summed E-state index contributed by atoms with van der Waals surface area (Å²) in [6.45, 7) is 0. The molecule has 0 atom stereocenters. The van der Waals surface area contributed by atoms with Crippen LogP contribution in [0.15, 0.2) is 110 Å². The van der Waals surface area contributed by atoms with Crippen LogP contribution in [0.2, 0.25) is 0 Å². The molecule has 0 fully saturated rings. The topological polar surface area (TPSA) is 89.9 Å². The monoisotopic (exact) mass is 400 g/mol. The summed E-state index contributed by atoms with van der Waals surface area (Å²) >= 11 is 0.691. The van der Waals surface area contributed by atoms with Gasteiger partial charge in [-0.25, -0.2) is 0 Å². The number of hydrogen-bond acceptors (Lipinski definition) is 7. The summed E-state index contributed by atoms with van der Waals surface area (Å²) < 4.78 is 8.98. The Morgan fingerprint density at radius 3 is 1.76 bits per heavy atom. The number of benzene rings is 4. The first kappa shape index (κ1) is 18.8. The summed E-state index contributed by atoms with van der Waals surface area (Å²) in [5.74, 6) is 0.0866. The Morgan fingerprint density at radius 2 is 1.14 bits per heavy atom. The van der Waals surface area contributed by atoms with Gasteiger partial charge in [-0.1, -0.05) is 30.3 Å². The average Bonchev–Trinajstić information content (AvgIpc) is 2.78. The maximum absolute atomic E-state index is 10.1. The Balaban J connectivity index is 1.51. The van der Waals surface area contributed by atoms with E-state index >= 15 is 0 Å². The van der Waals surface area contributed by atoms with Crippen LogP contribution in [-0.4, -0.2) is 9.66 Å². The third-order valence-corrected chi connectivity index (χ3v) is 4.70. The van der Waals surface area contributed by atoms with Gasteiger partial charge in [0.1, 0.15) is 11.4 Å². The van der Waals surface area contributed by atoms with Crippen molar-refractivity contribution in [1.82, 2.24) is 0 Å². The van der Waals surface area contributed by atoms with E-state index < -0.39 is 0 Å². The summed E-state index contributed by atoms with van der Waals surface area (Å²) in [7, 11) is 0.